The normalized spacial score (nSPS) is 25.9. The van der Waals surface area contributed by atoms with Crippen LogP contribution in [-0.4, -0.2) is 18.5 Å². The third-order valence-corrected chi connectivity index (χ3v) is 3.52. The molecule has 0 saturated carbocycles. The summed E-state index contributed by atoms with van der Waals surface area (Å²) in [6.45, 7) is 0.742. The van der Waals surface area contributed by atoms with Gasteiger partial charge in [0.1, 0.15) is 0 Å². The van der Waals surface area contributed by atoms with E-state index < -0.39 is 0 Å². The highest BCUT2D eigenvalue weighted by molar-refractivity contribution is 7.13. The number of benzene rings is 1. The monoisotopic (exact) mass is 236 g/mol. The van der Waals surface area contributed by atoms with Gasteiger partial charge in [-0.1, -0.05) is 39.7 Å². The van der Waals surface area contributed by atoms with E-state index in [0.717, 1.165) is 19.4 Å². The van der Waals surface area contributed by atoms with E-state index in [1.807, 2.05) is 18.2 Å². The molecule has 2 rings (SSSR count). The van der Waals surface area contributed by atoms with Crippen molar-refractivity contribution in [3.63, 3.8) is 0 Å². The SMILES string of the molecule is O=C1NCC(c2ccccc2)CCC1NP. The summed E-state index contributed by atoms with van der Waals surface area (Å²) in [6.07, 6.45) is 1.92. The minimum Gasteiger partial charge on any atom is -0.354 e. The lowest BCUT2D eigenvalue weighted by Crippen LogP contribution is -2.38. The van der Waals surface area contributed by atoms with E-state index >= 15 is 0 Å². The van der Waals surface area contributed by atoms with Crippen LogP contribution in [0.3, 0.4) is 0 Å². The second-order valence-electron chi connectivity index (χ2n) is 4.15. The Balaban J connectivity index is 2.07. The van der Waals surface area contributed by atoms with E-state index in [0.29, 0.717) is 5.92 Å². The van der Waals surface area contributed by atoms with Gasteiger partial charge in [0.15, 0.2) is 0 Å². The summed E-state index contributed by atoms with van der Waals surface area (Å²) in [5.41, 5.74) is 1.31. The van der Waals surface area contributed by atoms with Crippen LogP contribution in [0.15, 0.2) is 30.3 Å². The molecule has 1 aromatic carbocycles. The van der Waals surface area contributed by atoms with Crippen molar-refractivity contribution in [1.82, 2.24) is 10.4 Å². The molecular weight excluding hydrogens is 219 g/mol. The van der Waals surface area contributed by atoms with Gasteiger partial charge in [0.05, 0.1) is 6.04 Å². The lowest BCUT2D eigenvalue weighted by Gasteiger charge is -2.13. The first-order valence-electron chi connectivity index (χ1n) is 5.60. The molecule has 3 unspecified atom stereocenters. The van der Waals surface area contributed by atoms with Crippen LogP contribution in [0.4, 0.5) is 0 Å². The molecule has 1 saturated heterocycles. The molecule has 1 heterocycles. The van der Waals surface area contributed by atoms with Crippen molar-refractivity contribution in [2.75, 3.05) is 6.54 Å². The van der Waals surface area contributed by atoms with E-state index in [-0.39, 0.29) is 11.9 Å². The van der Waals surface area contributed by atoms with Crippen LogP contribution in [0, 0.1) is 0 Å². The molecule has 4 heteroatoms. The average Bonchev–Trinajstić information content (AvgIpc) is 2.52. The van der Waals surface area contributed by atoms with Gasteiger partial charge in [-0.3, -0.25) is 9.88 Å². The molecule has 86 valence electrons. The van der Waals surface area contributed by atoms with Crippen molar-refractivity contribution in [3.8, 4) is 0 Å². The summed E-state index contributed by atoms with van der Waals surface area (Å²) < 4.78 is 0. The number of hydrogen-bond acceptors (Lipinski definition) is 2. The van der Waals surface area contributed by atoms with Crippen molar-refractivity contribution in [2.24, 2.45) is 0 Å². The van der Waals surface area contributed by atoms with Crippen LogP contribution in [0.1, 0.15) is 24.3 Å². The second kappa shape index (κ2) is 5.42. The molecule has 0 radical (unpaired) electrons. The smallest absolute Gasteiger partial charge is 0.237 e. The maximum absolute atomic E-state index is 11.6. The summed E-state index contributed by atoms with van der Waals surface area (Å²) >= 11 is 0. The maximum Gasteiger partial charge on any atom is 0.237 e. The number of rotatable bonds is 2. The highest BCUT2D eigenvalue weighted by Crippen LogP contribution is 2.23. The molecule has 1 amide bonds. The molecule has 1 fully saturated rings. The molecule has 0 spiro atoms. The molecule has 2 N–H and O–H groups in total. The van der Waals surface area contributed by atoms with Crippen LogP contribution in [0.5, 0.6) is 0 Å². The standard InChI is InChI=1S/C12H17N2OP/c15-12-11(14-16)7-6-10(8-13-12)9-4-2-1-3-5-9/h1-5,10-11,14H,6-8,16H2,(H,13,15). The van der Waals surface area contributed by atoms with Gasteiger partial charge < -0.3 is 5.32 Å². The molecule has 16 heavy (non-hydrogen) atoms. The van der Waals surface area contributed by atoms with Crippen molar-refractivity contribution >= 4 is 15.3 Å². The quantitative estimate of drug-likeness (QED) is 0.763. The number of carbonyl (C=O) groups excluding carboxylic acids is 1. The number of nitrogens with one attached hydrogen (secondary N) is 2. The van der Waals surface area contributed by atoms with Crippen molar-refractivity contribution in [3.05, 3.63) is 35.9 Å². The van der Waals surface area contributed by atoms with E-state index in [1.165, 1.54) is 5.56 Å². The van der Waals surface area contributed by atoms with Gasteiger partial charge >= 0.3 is 0 Å². The van der Waals surface area contributed by atoms with Crippen molar-refractivity contribution in [2.45, 2.75) is 24.8 Å². The lowest BCUT2D eigenvalue weighted by atomic mass is 9.94. The van der Waals surface area contributed by atoms with E-state index in [2.05, 4.69) is 31.9 Å². The largest absolute Gasteiger partial charge is 0.354 e. The molecule has 0 aromatic heterocycles. The van der Waals surface area contributed by atoms with Crippen LogP contribution in [-0.2, 0) is 4.79 Å². The average molecular weight is 236 g/mol. The lowest BCUT2D eigenvalue weighted by molar-refractivity contribution is -0.122. The van der Waals surface area contributed by atoms with Gasteiger partial charge in [0.25, 0.3) is 0 Å². The van der Waals surface area contributed by atoms with Gasteiger partial charge in [-0.15, -0.1) is 0 Å². The first-order chi connectivity index (χ1) is 7.81. The van der Waals surface area contributed by atoms with E-state index in [9.17, 15) is 4.79 Å². The predicted octanol–water partition coefficient (Wildman–Crippen LogP) is 1.43. The summed E-state index contributed by atoms with van der Waals surface area (Å²) in [5.74, 6) is 0.543. The predicted molar refractivity (Wildman–Crippen MR) is 68.1 cm³/mol. The minimum absolute atomic E-state index is 0.0706. The second-order valence-corrected chi connectivity index (χ2v) is 4.48. The Bertz CT molecular complexity index is 355. The zero-order valence-electron chi connectivity index (χ0n) is 9.15. The number of amides is 1. The molecule has 1 aliphatic heterocycles. The van der Waals surface area contributed by atoms with Gasteiger partial charge in [-0.2, -0.15) is 0 Å². The minimum atomic E-state index is -0.0706. The molecule has 3 atom stereocenters. The van der Waals surface area contributed by atoms with Crippen molar-refractivity contribution < 1.29 is 4.79 Å². The maximum atomic E-state index is 11.6. The Morgan fingerprint density at radius 1 is 1.25 bits per heavy atom. The number of hydrogen-bond donors (Lipinski definition) is 2. The van der Waals surface area contributed by atoms with Gasteiger partial charge in [0, 0.05) is 12.5 Å². The third-order valence-electron chi connectivity index (χ3n) is 3.12. The fraction of sp³-hybridized carbons (Fsp3) is 0.417. The topological polar surface area (TPSA) is 41.1 Å². The Morgan fingerprint density at radius 3 is 2.69 bits per heavy atom. The molecule has 0 aliphatic carbocycles. The third kappa shape index (κ3) is 2.60. The fourth-order valence-corrected chi connectivity index (χ4v) is 2.43. The summed E-state index contributed by atoms with van der Waals surface area (Å²) in [4.78, 5) is 11.6. The van der Waals surface area contributed by atoms with E-state index in [1.54, 1.807) is 0 Å². The summed E-state index contributed by atoms with van der Waals surface area (Å²) in [6, 6.07) is 10.3. The zero-order valence-corrected chi connectivity index (χ0v) is 10.3. The van der Waals surface area contributed by atoms with Gasteiger partial charge in [-0.25, -0.2) is 0 Å². The Kier molecular flexibility index (Phi) is 3.92. The Labute approximate surface area is 98.3 Å². The highest BCUT2D eigenvalue weighted by atomic mass is 31.0. The molecule has 0 bridgehead atoms. The first-order valence-corrected chi connectivity index (χ1v) is 6.18. The van der Waals surface area contributed by atoms with Crippen LogP contribution in [0.25, 0.3) is 0 Å². The molecule has 3 nitrogen and oxygen atoms in total. The summed E-state index contributed by atoms with van der Waals surface area (Å²) in [5, 5.41) is 5.95. The fourth-order valence-electron chi connectivity index (χ4n) is 2.12. The van der Waals surface area contributed by atoms with Crippen molar-refractivity contribution in [1.29, 1.82) is 0 Å². The van der Waals surface area contributed by atoms with Crippen LogP contribution in [0.2, 0.25) is 0 Å². The van der Waals surface area contributed by atoms with Crippen LogP contribution < -0.4 is 10.4 Å². The molecule has 1 aromatic rings. The molecular formula is C12H17N2OP. The van der Waals surface area contributed by atoms with Gasteiger partial charge in [0.2, 0.25) is 5.91 Å². The van der Waals surface area contributed by atoms with Crippen LogP contribution >= 0.6 is 9.39 Å². The molecule has 1 aliphatic rings. The zero-order chi connectivity index (χ0) is 11.4. The van der Waals surface area contributed by atoms with Gasteiger partial charge in [-0.05, 0) is 18.4 Å². The Hall–Kier alpha value is -0.920. The summed E-state index contributed by atoms with van der Waals surface area (Å²) in [7, 11) is 2.42. The number of carbonyl (C=O) groups is 1. The van der Waals surface area contributed by atoms with E-state index in [4.69, 9.17) is 0 Å². The first kappa shape index (κ1) is 11.6. The Morgan fingerprint density at radius 2 is 2.00 bits per heavy atom. The highest BCUT2D eigenvalue weighted by Gasteiger charge is 2.24.